The van der Waals surface area contributed by atoms with Crippen LogP contribution in [0.5, 0.6) is 0 Å². The first-order valence-electron chi connectivity index (χ1n) is 7.74. The second-order valence-corrected chi connectivity index (χ2v) is 7.69. The number of carbonyl (C=O) groups is 1. The average Bonchev–Trinajstić information content (AvgIpc) is 2.62. The summed E-state index contributed by atoms with van der Waals surface area (Å²) in [5, 5.41) is 0. The molecule has 1 aromatic carbocycles. The summed E-state index contributed by atoms with van der Waals surface area (Å²) >= 11 is 0. The van der Waals surface area contributed by atoms with Gasteiger partial charge in [0, 0.05) is 38.6 Å². The Hall–Kier alpha value is -2.25. The molecule has 1 aromatic heterocycles. The smallest absolute Gasteiger partial charge is 0.255 e. The van der Waals surface area contributed by atoms with Crippen molar-refractivity contribution in [1.82, 2.24) is 14.2 Å². The summed E-state index contributed by atoms with van der Waals surface area (Å²) in [5.74, 6) is -0.115. The summed E-state index contributed by atoms with van der Waals surface area (Å²) in [4.78, 5) is 18.3. The molecule has 1 amide bonds. The standard InChI is InChI=1S/C17H19N3O3S/c1-14-4-2-6-16(12-14)24(22,23)20-10-8-19(9-11-20)17(21)15-5-3-7-18-13-15/h2-7,12-13H,8-11H2,1H3. The van der Waals surface area contributed by atoms with Gasteiger partial charge in [0.15, 0.2) is 0 Å². The van der Waals surface area contributed by atoms with E-state index in [-0.39, 0.29) is 5.91 Å². The van der Waals surface area contributed by atoms with Gasteiger partial charge in [-0.1, -0.05) is 12.1 Å². The second-order valence-electron chi connectivity index (χ2n) is 5.75. The number of hydrogen-bond donors (Lipinski definition) is 0. The minimum Gasteiger partial charge on any atom is -0.336 e. The zero-order chi connectivity index (χ0) is 17.2. The molecule has 6 nitrogen and oxygen atoms in total. The Bertz CT molecular complexity index is 829. The number of hydrogen-bond acceptors (Lipinski definition) is 4. The highest BCUT2D eigenvalue weighted by atomic mass is 32.2. The molecule has 0 unspecified atom stereocenters. The van der Waals surface area contributed by atoms with Crippen molar-refractivity contribution >= 4 is 15.9 Å². The van der Waals surface area contributed by atoms with Gasteiger partial charge in [-0.2, -0.15) is 4.31 Å². The van der Waals surface area contributed by atoms with E-state index in [2.05, 4.69) is 4.98 Å². The summed E-state index contributed by atoms with van der Waals surface area (Å²) in [6, 6.07) is 10.3. The number of pyridine rings is 1. The molecule has 7 heteroatoms. The molecule has 2 aromatic rings. The Balaban J connectivity index is 1.70. The Labute approximate surface area is 141 Å². The molecular formula is C17H19N3O3S. The quantitative estimate of drug-likeness (QED) is 0.846. The molecule has 3 rings (SSSR count). The number of benzene rings is 1. The summed E-state index contributed by atoms with van der Waals surface area (Å²) in [6.07, 6.45) is 3.14. The Morgan fingerprint density at radius 3 is 2.46 bits per heavy atom. The number of nitrogens with zero attached hydrogens (tertiary/aromatic N) is 3. The van der Waals surface area contributed by atoms with E-state index >= 15 is 0 Å². The fourth-order valence-electron chi connectivity index (χ4n) is 2.73. The van der Waals surface area contributed by atoms with Gasteiger partial charge < -0.3 is 4.90 Å². The number of rotatable bonds is 3. The van der Waals surface area contributed by atoms with Crippen molar-refractivity contribution in [1.29, 1.82) is 0 Å². The van der Waals surface area contributed by atoms with Gasteiger partial charge in [-0.05, 0) is 36.8 Å². The van der Waals surface area contributed by atoms with Crippen LogP contribution < -0.4 is 0 Å². The van der Waals surface area contributed by atoms with Gasteiger partial charge in [-0.25, -0.2) is 8.42 Å². The van der Waals surface area contributed by atoms with Crippen molar-refractivity contribution in [3.63, 3.8) is 0 Å². The summed E-state index contributed by atoms with van der Waals surface area (Å²) in [5.41, 5.74) is 1.42. The van der Waals surface area contributed by atoms with Gasteiger partial charge in [0.25, 0.3) is 5.91 Å². The first-order chi connectivity index (χ1) is 11.5. The third-order valence-electron chi connectivity index (χ3n) is 4.06. The Morgan fingerprint density at radius 1 is 1.08 bits per heavy atom. The number of aromatic nitrogens is 1. The van der Waals surface area contributed by atoms with E-state index in [0.717, 1.165) is 5.56 Å². The van der Waals surface area contributed by atoms with E-state index in [9.17, 15) is 13.2 Å². The lowest BCUT2D eigenvalue weighted by atomic mass is 10.2. The van der Waals surface area contributed by atoms with Crippen molar-refractivity contribution in [2.75, 3.05) is 26.2 Å². The van der Waals surface area contributed by atoms with Crippen molar-refractivity contribution in [2.24, 2.45) is 0 Å². The topological polar surface area (TPSA) is 70.6 Å². The van der Waals surface area contributed by atoms with Gasteiger partial charge in [-0.15, -0.1) is 0 Å². The van der Waals surface area contributed by atoms with Crippen LogP contribution in [0.15, 0.2) is 53.7 Å². The largest absolute Gasteiger partial charge is 0.336 e. The van der Waals surface area contributed by atoms with Gasteiger partial charge in [0.2, 0.25) is 10.0 Å². The molecule has 1 aliphatic heterocycles. The van der Waals surface area contributed by atoms with Crippen LogP contribution in [-0.4, -0.2) is 54.7 Å². The highest BCUT2D eigenvalue weighted by molar-refractivity contribution is 7.89. The van der Waals surface area contributed by atoms with Gasteiger partial charge >= 0.3 is 0 Å². The molecule has 1 saturated heterocycles. The lowest BCUT2D eigenvalue weighted by molar-refractivity contribution is 0.0697. The minimum absolute atomic E-state index is 0.115. The maximum absolute atomic E-state index is 12.7. The van der Waals surface area contributed by atoms with E-state index in [1.807, 2.05) is 13.0 Å². The summed E-state index contributed by atoms with van der Waals surface area (Å²) in [7, 11) is -3.52. The zero-order valence-corrected chi connectivity index (χ0v) is 14.2. The van der Waals surface area contributed by atoms with Gasteiger partial charge in [-0.3, -0.25) is 9.78 Å². The van der Waals surface area contributed by atoms with Crippen LogP contribution >= 0.6 is 0 Å². The number of piperazine rings is 1. The Morgan fingerprint density at radius 2 is 1.83 bits per heavy atom. The maximum Gasteiger partial charge on any atom is 0.255 e. The van der Waals surface area contributed by atoms with Crippen molar-refractivity contribution in [2.45, 2.75) is 11.8 Å². The molecule has 0 aliphatic carbocycles. The predicted octanol–water partition coefficient (Wildman–Crippen LogP) is 1.54. The van der Waals surface area contributed by atoms with E-state index in [0.29, 0.717) is 36.6 Å². The van der Waals surface area contributed by atoms with E-state index in [1.54, 1.807) is 41.4 Å². The van der Waals surface area contributed by atoms with Crippen LogP contribution in [0.2, 0.25) is 0 Å². The van der Waals surface area contributed by atoms with Crippen molar-refractivity contribution < 1.29 is 13.2 Å². The van der Waals surface area contributed by atoms with Crippen LogP contribution in [0.4, 0.5) is 0 Å². The van der Waals surface area contributed by atoms with E-state index in [1.165, 1.54) is 10.5 Å². The Kier molecular flexibility index (Phi) is 4.64. The number of amides is 1. The van der Waals surface area contributed by atoms with Crippen molar-refractivity contribution in [3.05, 3.63) is 59.9 Å². The minimum atomic E-state index is -3.52. The average molecular weight is 345 g/mol. The molecular weight excluding hydrogens is 326 g/mol. The van der Waals surface area contributed by atoms with Crippen LogP contribution in [0, 0.1) is 6.92 Å². The highest BCUT2D eigenvalue weighted by Gasteiger charge is 2.30. The number of sulfonamides is 1. The molecule has 1 aliphatic rings. The fraction of sp³-hybridized carbons (Fsp3) is 0.294. The lowest BCUT2D eigenvalue weighted by Gasteiger charge is -2.34. The third-order valence-corrected chi connectivity index (χ3v) is 5.96. The first-order valence-corrected chi connectivity index (χ1v) is 9.18. The molecule has 0 saturated carbocycles. The molecule has 2 heterocycles. The van der Waals surface area contributed by atoms with Gasteiger partial charge in [0.1, 0.15) is 0 Å². The summed E-state index contributed by atoms with van der Waals surface area (Å²) in [6.45, 7) is 3.20. The molecule has 0 atom stereocenters. The zero-order valence-electron chi connectivity index (χ0n) is 13.4. The van der Waals surface area contributed by atoms with Gasteiger partial charge in [0.05, 0.1) is 10.5 Å². The molecule has 1 fully saturated rings. The third kappa shape index (κ3) is 3.32. The summed E-state index contributed by atoms with van der Waals surface area (Å²) < 4.78 is 26.8. The monoisotopic (exact) mass is 345 g/mol. The van der Waals surface area contributed by atoms with Crippen LogP contribution in [0.25, 0.3) is 0 Å². The van der Waals surface area contributed by atoms with E-state index in [4.69, 9.17) is 0 Å². The maximum atomic E-state index is 12.7. The molecule has 0 radical (unpaired) electrons. The predicted molar refractivity (Wildman–Crippen MR) is 90.1 cm³/mol. The lowest BCUT2D eigenvalue weighted by Crippen LogP contribution is -2.50. The SMILES string of the molecule is Cc1cccc(S(=O)(=O)N2CCN(C(=O)c3cccnc3)CC2)c1. The molecule has 0 bridgehead atoms. The second kappa shape index (κ2) is 6.70. The fourth-order valence-corrected chi connectivity index (χ4v) is 4.26. The molecule has 0 spiro atoms. The molecule has 126 valence electrons. The van der Waals surface area contributed by atoms with Crippen LogP contribution in [-0.2, 0) is 10.0 Å². The number of aryl methyl sites for hydroxylation is 1. The number of carbonyl (C=O) groups excluding carboxylic acids is 1. The van der Waals surface area contributed by atoms with E-state index < -0.39 is 10.0 Å². The first kappa shape index (κ1) is 16.6. The normalized spacial score (nSPS) is 16.1. The van der Waals surface area contributed by atoms with Crippen LogP contribution in [0.3, 0.4) is 0 Å². The van der Waals surface area contributed by atoms with Crippen LogP contribution in [0.1, 0.15) is 15.9 Å². The highest BCUT2D eigenvalue weighted by Crippen LogP contribution is 2.19. The molecule has 0 N–H and O–H groups in total. The van der Waals surface area contributed by atoms with Crippen molar-refractivity contribution in [3.8, 4) is 0 Å². The molecule has 24 heavy (non-hydrogen) atoms.